The molecule has 0 radical (unpaired) electrons. The standard InChI is InChI=1S/C19H14F6O4S2/c20-18(21,22)16(26)28-10-30-14-5-1-12(2-6-14)9-13-3-7-15(8-4-13)31-11-29-17(27)19(23,24)25/h1-8H,9-11H2. The van der Waals surface area contributed by atoms with Crippen LogP contribution in [0.2, 0.25) is 0 Å². The first-order valence-corrected chi connectivity index (χ1v) is 10.3. The summed E-state index contributed by atoms with van der Waals surface area (Å²) in [5.74, 6) is -5.40. The number of halogens is 6. The van der Waals surface area contributed by atoms with E-state index in [1.807, 2.05) is 0 Å². The Morgan fingerprint density at radius 1 is 0.645 bits per heavy atom. The molecule has 0 unspecified atom stereocenters. The highest BCUT2D eigenvalue weighted by atomic mass is 32.2. The number of hydrogen-bond acceptors (Lipinski definition) is 6. The Labute approximate surface area is 181 Å². The van der Waals surface area contributed by atoms with Crippen LogP contribution in [0.5, 0.6) is 0 Å². The van der Waals surface area contributed by atoms with Crippen molar-refractivity contribution in [2.24, 2.45) is 0 Å². The molecule has 2 aromatic rings. The van der Waals surface area contributed by atoms with Crippen LogP contribution >= 0.6 is 23.5 Å². The molecule has 168 valence electrons. The normalized spacial score (nSPS) is 11.8. The summed E-state index contributed by atoms with van der Waals surface area (Å²) < 4.78 is 80.5. The molecule has 0 aliphatic carbocycles. The van der Waals surface area contributed by atoms with Gasteiger partial charge >= 0.3 is 24.3 Å². The third-order valence-corrected chi connectivity index (χ3v) is 5.23. The van der Waals surface area contributed by atoms with Crippen LogP contribution in [-0.4, -0.2) is 36.2 Å². The van der Waals surface area contributed by atoms with Gasteiger partial charge in [0, 0.05) is 9.79 Å². The Hall–Kier alpha value is -2.34. The fourth-order valence-electron chi connectivity index (χ4n) is 2.11. The van der Waals surface area contributed by atoms with Gasteiger partial charge in [-0.2, -0.15) is 26.3 Å². The Morgan fingerprint density at radius 2 is 0.968 bits per heavy atom. The summed E-state index contributed by atoms with van der Waals surface area (Å²) >= 11 is 1.88. The summed E-state index contributed by atoms with van der Waals surface area (Å²) in [6.07, 6.45) is -9.50. The van der Waals surface area contributed by atoms with Crippen LogP contribution in [0.25, 0.3) is 0 Å². The molecule has 0 fully saturated rings. The molecule has 0 heterocycles. The molecule has 0 aliphatic heterocycles. The lowest BCUT2D eigenvalue weighted by Crippen LogP contribution is -2.25. The summed E-state index contributed by atoms with van der Waals surface area (Å²) in [4.78, 5) is 22.5. The summed E-state index contributed by atoms with van der Waals surface area (Å²) in [6, 6.07) is 13.8. The Balaban J connectivity index is 1.79. The number of esters is 2. The molecule has 0 spiro atoms. The number of rotatable bonds is 8. The number of benzene rings is 2. The molecule has 2 rings (SSSR count). The molecular formula is C19H14F6O4S2. The van der Waals surface area contributed by atoms with E-state index in [1.54, 1.807) is 48.5 Å². The molecule has 0 aliphatic rings. The topological polar surface area (TPSA) is 52.6 Å². The van der Waals surface area contributed by atoms with Crippen LogP contribution in [0.1, 0.15) is 11.1 Å². The van der Waals surface area contributed by atoms with Gasteiger partial charge in [0.2, 0.25) is 0 Å². The number of carbonyl (C=O) groups is 2. The van der Waals surface area contributed by atoms with Crippen molar-refractivity contribution in [3.05, 3.63) is 59.7 Å². The van der Waals surface area contributed by atoms with Crippen molar-refractivity contribution in [2.75, 3.05) is 11.9 Å². The molecule has 0 saturated carbocycles. The molecule has 2 aromatic carbocycles. The van der Waals surface area contributed by atoms with E-state index >= 15 is 0 Å². The second-order valence-electron chi connectivity index (χ2n) is 5.85. The van der Waals surface area contributed by atoms with E-state index in [2.05, 4.69) is 9.47 Å². The molecule has 0 amide bonds. The second kappa shape index (κ2) is 10.8. The van der Waals surface area contributed by atoms with E-state index in [4.69, 9.17) is 0 Å². The minimum Gasteiger partial charge on any atom is -0.448 e. The van der Waals surface area contributed by atoms with Crippen molar-refractivity contribution >= 4 is 35.5 Å². The lowest BCUT2D eigenvalue weighted by Gasteiger charge is -2.08. The van der Waals surface area contributed by atoms with E-state index in [-0.39, 0.29) is 0 Å². The zero-order chi connectivity index (χ0) is 23.1. The predicted octanol–water partition coefficient (Wildman–Crippen LogP) is 5.59. The van der Waals surface area contributed by atoms with Gasteiger partial charge in [-0.05, 0) is 41.8 Å². The van der Waals surface area contributed by atoms with Gasteiger partial charge in [0.25, 0.3) is 0 Å². The van der Waals surface area contributed by atoms with E-state index in [0.717, 1.165) is 34.7 Å². The molecule has 12 heteroatoms. The van der Waals surface area contributed by atoms with E-state index in [0.29, 0.717) is 16.2 Å². The molecule has 0 N–H and O–H groups in total. The summed E-state index contributed by atoms with van der Waals surface area (Å²) in [5.41, 5.74) is 1.83. The van der Waals surface area contributed by atoms with Crippen molar-refractivity contribution in [3.63, 3.8) is 0 Å². The molecule has 0 bridgehead atoms. The number of hydrogen-bond donors (Lipinski definition) is 0. The van der Waals surface area contributed by atoms with Gasteiger partial charge in [0.05, 0.1) is 0 Å². The maximum Gasteiger partial charge on any atom is 0.490 e. The zero-order valence-corrected chi connectivity index (χ0v) is 17.1. The van der Waals surface area contributed by atoms with Crippen molar-refractivity contribution in [3.8, 4) is 0 Å². The van der Waals surface area contributed by atoms with Gasteiger partial charge < -0.3 is 9.47 Å². The molecule has 0 atom stereocenters. The first kappa shape index (κ1) is 24.9. The molecule has 0 saturated heterocycles. The molecule has 4 nitrogen and oxygen atoms in total. The van der Waals surface area contributed by atoms with Gasteiger partial charge in [-0.1, -0.05) is 47.8 Å². The van der Waals surface area contributed by atoms with Gasteiger partial charge in [0.1, 0.15) is 11.9 Å². The average molecular weight is 484 g/mol. The van der Waals surface area contributed by atoms with Gasteiger partial charge in [-0.25, -0.2) is 9.59 Å². The minimum absolute atomic E-state index is 0.463. The monoisotopic (exact) mass is 484 g/mol. The Morgan fingerprint density at radius 3 is 1.26 bits per heavy atom. The molecule has 0 aromatic heterocycles. The van der Waals surface area contributed by atoms with Crippen LogP contribution in [-0.2, 0) is 25.5 Å². The lowest BCUT2D eigenvalue weighted by molar-refractivity contribution is -0.197. The smallest absolute Gasteiger partial charge is 0.448 e. The first-order chi connectivity index (χ1) is 14.4. The van der Waals surface area contributed by atoms with Crippen LogP contribution in [0.15, 0.2) is 58.3 Å². The highest BCUT2D eigenvalue weighted by molar-refractivity contribution is 7.99. The van der Waals surface area contributed by atoms with Crippen LogP contribution in [0.3, 0.4) is 0 Å². The Kier molecular flexibility index (Phi) is 8.69. The largest absolute Gasteiger partial charge is 0.490 e. The van der Waals surface area contributed by atoms with Crippen molar-refractivity contribution in [1.82, 2.24) is 0 Å². The molecule has 31 heavy (non-hydrogen) atoms. The number of carbonyl (C=O) groups excluding carboxylic acids is 2. The SMILES string of the molecule is O=C(OCSc1ccc(Cc2ccc(SCOC(=O)C(F)(F)F)cc2)cc1)C(F)(F)F. The third kappa shape index (κ3) is 8.74. The van der Waals surface area contributed by atoms with Gasteiger partial charge in [0.15, 0.2) is 0 Å². The summed E-state index contributed by atoms with van der Waals surface area (Å²) in [6.45, 7) is 0. The molecular weight excluding hydrogens is 470 g/mol. The second-order valence-corrected chi connectivity index (χ2v) is 7.84. The van der Waals surface area contributed by atoms with Crippen LogP contribution in [0, 0.1) is 0 Å². The van der Waals surface area contributed by atoms with Crippen molar-refractivity contribution < 1.29 is 45.4 Å². The van der Waals surface area contributed by atoms with E-state index < -0.39 is 36.2 Å². The fourth-order valence-corrected chi connectivity index (χ4v) is 3.37. The van der Waals surface area contributed by atoms with Crippen LogP contribution in [0.4, 0.5) is 26.3 Å². The van der Waals surface area contributed by atoms with Crippen molar-refractivity contribution in [1.29, 1.82) is 0 Å². The zero-order valence-electron chi connectivity index (χ0n) is 15.5. The summed E-state index contributed by atoms with van der Waals surface area (Å²) in [5, 5.41) is 0. The van der Waals surface area contributed by atoms with E-state index in [1.165, 1.54) is 0 Å². The quantitative estimate of drug-likeness (QED) is 0.211. The number of ether oxygens (including phenoxy) is 2. The van der Waals surface area contributed by atoms with Crippen LogP contribution < -0.4 is 0 Å². The minimum atomic E-state index is -5.02. The maximum atomic E-state index is 12.0. The van der Waals surface area contributed by atoms with Crippen molar-refractivity contribution in [2.45, 2.75) is 28.6 Å². The third-order valence-electron chi connectivity index (χ3n) is 3.55. The Bertz CT molecular complexity index is 807. The maximum absolute atomic E-state index is 12.0. The average Bonchev–Trinajstić information content (AvgIpc) is 2.69. The fraction of sp³-hybridized carbons (Fsp3) is 0.263. The highest BCUT2D eigenvalue weighted by Crippen LogP contribution is 2.24. The number of alkyl halides is 6. The van der Waals surface area contributed by atoms with Gasteiger partial charge in [-0.15, -0.1) is 0 Å². The first-order valence-electron chi connectivity index (χ1n) is 8.36. The number of thioether (sulfide) groups is 2. The van der Waals surface area contributed by atoms with E-state index in [9.17, 15) is 35.9 Å². The van der Waals surface area contributed by atoms with Gasteiger partial charge in [-0.3, -0.25) is 0 Å². The predicted molar refractivity (Wildman–Crippen MR) is 101 cm³/mol. The highest BCUT2D eigenvalue weighted by Gasteiger charge is 2.41. The lowest BCUT2D eigenvalue weighted by atomic mass is 10.1. The summed E-state index contributed by atoms with van der Waals surface area (Å²) in [7, 11) is 0.